The zero-order valence-corrected chi connectivity index (χ0v) is 13.2. The van der Waals surface area contributed by atoms with Crippen LogP contribution in [-0.2, 0) is 22.7 Å². The summed E-state index contributed by atoms with van der Waals surface area (Å²) in [6.07, 6.45) is 0.655. The Morgan fingerprint density at radius 2 is 1.82 bits per heavy atom. The first kappa shape index (κ1) is 16.5. The molecule has 1 heterocycles. The van der Waals surface area contributed by atoms with Gasteiger partial charge in [0.1, 0.15) is 0 Å². The fraction of sp³-hybridized carbons (Fsp3) is 0.529. The molecule has 1 aromatic carbocycles. The largest absolute Gasteiger partial charge is 0.481 e. The van der Waals surface area contributed by atoms with Gasteiger partial charge in [0.15, 0.2) is 0 Å². The van der Waals surface area contributed by atoms with Crippen LogP contribution in [0.4, 0.5) is 0 Å². The summed E-state index contributed by atoms with van der Waals surface area (Å²) in [5.74, 6) is -0.625. The molecule has 1 aromatic rings. The number of fused-ring (bicyclic) bond motifs is 1. The van der Waals surface area contributed by atoms with Gasteiger partial charge >= 0.3 is 5.97 Å². The molecule has 22 heavy (non-hydrogen) atoms. The van der Waals surface area contributed by atoms with Crippen molar-refractivity contribution in [1.29, 1.82) is 0 Å². The highest BCUT2D eigenvalue weighted by molar-refractivity contribution is 5.79. The van der Waals surface area contributed by atoms with Gasteiger partial charge in [-0.3, -0.25) is 14.5 Å². The molecular formula is C17H24N2O3. The fourth-order valence-corrected chi connectivity index (χ4v) is 2.97. The summed E-state index contributed by atoms with van der Waals surface area (Å²) >= 11 is 0. The third kappa shape index (κ3) is 4.84. The summed E-state index contributed by atoms with van der Waals surface area (Å²) in [6, 6.07) is 7.88. The van der Waals surface area contributed by atoms with E-state index in [9.17, 15) is 9.59 Å². The van der Waals surface area contributed by atoms with E-state index in [1.807, 2.05) is 26.0 Å². The normalized spacial score (nSPS) is 15.6. The highest BCUT2D eigenvalue weighted by Crippen LogP contribution is 2.21. The number of rotatable bonds is 7. The van der Waals surface area contributed by atoms with Gasteiger partial charge in [-0.25, -0.2) is 0 Å². The number of carboxylic acids is 1. The van der Waals surface area contributed by atoms with Crippen LogP contribution in [0.25, 0.3) is 0 Å². The lowest BCUT2D eigenvalue weighted by atomic mass is 10.0. The summed E-state index contributed by atoms with van der Waals surface area (Å²) in [7, 11) is 0. The topological polar surface area (TPSA) is 69.6 Å². The molecule has 1 aliphatic heterocycles. The lowest BCUT2D eigenvalue weighted by Crippen LogP contribution is -2.42. The Bertz CT molecular complexity index is 517. The summed E-state index contributed by atoms with van der Waals surface area (Å²) in [4.78, 5) is 25.2. The number of hydrogen-bond donors (Lipinski definition) is 2. The summed E-state index contributed by atoms with van der Waals surface area (Å²) < 4.78 is 0. The van der Waals surface area contributed by atoms with Crippen LogP contribution in [0.15, 0.2) is 24.3 Å². The Morgan fingerprint density at radius 3 is 2.32 bits per heavy atom. The predicted molar refractivity (Wildman–Crippen MR) is 84.2 cm³/mol. The molecule has 5 heteroatoms. The Balaban J connectivity index is 1.85. The van der Waals surface area contributed by atoms with Crippen molar-refractivity contribution in [3.05, 3.63) is 35.4 Å². The van der Waals surface area contributed by atoms with E-state index >= 15 is 0 Å². The number of amides is 1. The minimum absolute atomic E-state index is 0.0237. The van der Waals surface area contributed by atoms with Gasteiger partial charge in [-0.1, -0.05) is 38.1 Å². The molecule has 0 saturated heterocycles. The van der Waals surface area contributed by atoms with E-state index in [1.165, 1.54) is 11.1 Å². The zero-order chi connectivity index (χ0) is 16.1. The van der Waals surface area contributed by atoms with Crippen molar-refractivity contribution in [3.63, 3.8) is 0 Å². The van der Waals surface area contributed by atoms with Gasteiger partial charge in [0.05, 0.1) is 13.0 Å². The molecular weight excluding hydrogens is 280 g/mol. The predicted octanol–water partition coefficient (Wildman–Crippen LogP) is 2.01. The first-order valence-electron chi connectivity index (χ1n) is 7.74. The molecule has 5 nitrogen and oxygen atoms in total. The summed E-state index contributed by atoms with van der Waals surface area (Å²) in [6.45, 7) is 5.91. The van der Waals surface area contributed by atoms with E-state index in [-0.39, 0.29) is 18.4 Å². The molecule has 2 rings (SSSR count). The number of nitrogens with one attached hydrogen (secondary N) is 1. The van der Waals surface area contributed by atoms with Gasteiger partial charge in [0.2, 0.25) is 5.91 Å². The number of aliphatic carboxylic acids is 1. The Labute approximate surface area is 131 Å². The van der Waals surface area contributed by atoms with Crippen LogP contribution >= 0.6 is 0 Å². The van der Waals surface area contributed by atoms with Crippen LogP contribution in [0.1, 0.15) is 37.8 Å². The van der Waals surface area contributed by atoms with Crippen molar-refractivity contribution in [2.75, 3.05) is 6.54 Å². The molecule has 0 aromatic heterocycles. The van der Waals surface area contributed by atoms with Crippen LogP contribution in [0.2, 0.25) is 0 Å². The van der Waals surface area contributed by atoms with E-state index in [2.05, 4.69) is 22.3 Å². The van der Waals surface area contributed by atoms with Crippen LogP contribution in [0.5, 0.6) is 0 Å². The minimum atomic E-state index is -0.875. The highest BCUT2D eigenvalue weighted by atomic mass is 16.4. The number of carbonyl (C=O) groups is 2. The maximum atomic E-state index is 12.2. The second-order valence-electron chi connectivity index (χ2n) is 6.41. The van der Waals surface area contributed by atoms with Crippen molar-refractivity contribution < 1.29 is 14.7 Å². The molecule has 120 valence electrons. The smallest absolute Gasteiger partial charge is 0.305 e. The van der Waals surface area contributed by atoms with E-state index in [4.69, 9.17) is 5.11 Å². The molecule has 0 saturated carbocycles. The van der Waals surface area contributed by atoms with Gasteiger partial charge in [0, 0.05) is 19.1 Å². The maximum absolute atomic E-state index is 12.2. The molecule has 2 N–H and O–H groups in total. The van der Waals surface area contributed by atoms with Crippen LogP contribution in [0.3, 0.4) is 0 Å². The Hall–Kier alpha value is -1.88. The van der Waals surface area contributed by atoms with Gasteiger partial charge < -0.3 is 10.4 Å². The second-order valence-corrected chi connectivity index (χ2v) is 6.41. The number of carboxylic acid groups (broad SMARTS) is 1. The fourth-order valence-electron chi connectivity index (χ4n) is 2.97. The number of benzene rings is 1. The van der Waals surface area contributed by atoms with Crippen molar-refractivity contribution in [2.45, 2.75) is 45.8 Å². The zero-order valence-electron chi connectivity index (χ0n) is 13.2. The Morgan fingerprint density at radius 1 is 1.23 bits per heavy atom. The number of carbonyl (C=O) groups excluding carboxylic acids is 1. The van der Waals surface area contributed by atoms with Crippen LogP contribution in [-0.4, -0.2) is 34.5 Å². The molecule has 1 amide bonds. The maximum Gasteiger partial charge on any atom is 0.305 e. The molecule has 1 aliphatic rings. The van der Waals surface area contributed by atoms with E-state index in [0.717, 1.165) is 13.1 Å². The van der Waals surface area contributed by atoms with Gasteiger partial charge in [0.25, 0.3) is 0 Å². The van der Waals surface area contributed by atoms with E-state index in [1.54, 1.807) is 0 Å². The quantitative estimate of drug-likeness (QED) is 0.808. The molecule has 0 spiro atoms. The van der Waals surface area contributed by atoms with Crippen LogP contribution in [0, 0.1) is 5.92 Å². The van der Waals surface area contributed by atoms with Crippen molar-refractivity contribution >= 4 is 11.9 Å². The molecule has 0 unspecified atom stereocenters. The van der Waals surface area contributed by atoms with E-state index < -0.39 is 5.97 Å². The molecule has 1 atom stereocenters. The lowest BCUT2D eigenvalue weighted by molar-refractivity contribution is -0.137. The van der Waals surface area contributed by atoms with Crippen molar-refractivity contribution in [1.82, 2.24) is 10.2 Å². The monoisotopic (exact) mass is 304 g/mol. The third-order valence-electron chi connectivity index (χ3n) is 3.82. The summed E-state index contributed by atoms with van der Waals surface area (Å²) in [5, 5.41) is 11.8. The average Bonchev–Trinajstić information content (AvgIpc) is 2.78. The summed E-state index contributed by atoms with van der Waals surface area (Å²) in [5.41, 5.74) is 2.53. The van der Waals surface area contributed by atoms with Gasteiger partial charge in [-0.15, -0.1) is 0 Å². The highest BCUT2D eigenvalue weighted by Gasteiger charge is 2.22. The number of hydrogen-bond acceptors (Lipinski definition) is 3. The minimum Gasteiger partial charge on any atom is -0.481 e. The molecule has 0 fully saturated rings. The Kier molecular flexibility index (Phi) is 5.55. The lowest BCUT2D eigenvalue weighted by Gasteiger charge is -2.21. The van der Waals surface area contributed by atoms with Gasteiger partial charge in [-0.05, 0) is 23.5 Å². The second kappa shape index (κ2) is 7.40. The first-order chi connectivity index (χ1) is 10.4. The molecule has 0 bridgehead atoms. The van der Waals surface area contributed by atoms with Crippen molar-refractivity contribution in [3.8, 4) is 0 Å². The van der Waals surface area contributed by atoms with Crippen LogP contribution < -0.4 is 5.32 Å². The standard InChI is InChI=1S/C17H24N2O3/c1-12(2)7-15(8-17(21)22)18-16(20)11-19-9-13-5-3-4-6-14(13)10-19/h3-6,12,15H,7-11H2,1-2H3,(H,18,20)(H,21,22)/t15-/m0/s1. The van der Waals surface area contributed by atoms with E-state index in [0.29, 0.717) is 18.9 Å². The first-order valence-corrected chi connectivity index (χ1v) is 7.74. The SMILES string of the molecule is CC(C)C[C@@H](CC(=O)O)NC(=O)CN1Cc2ccccc2C1. The average molecular weight is 304 g/mol. The molecule has 0 radical (unpaired) electrons. The van der Waals surface area contributed by atoms with Crippen molar-refractivity contribution in [2.24, 2.45) is 5.92 Å². The third-order valence-corrected chi connectivity index (χ3v) is 3.82. The van der Waals surface area contributed by atoms with Gasteiger partial charge in [-0.2, -0.15) is 0 Å². The molecule has 0 aliphatic carbocycles. The number of nitrogens with zero attached hydrogens (tertiary/aromatic N) is 1.